The van der Waals surface area contributed by atoms with E-state index < -0.39 is 0 Å². The van der Waals surface area contributed by atoms with Crippen molar-refractivity contribution in [3.8, 4) is 0 Å². The van der Waals surface area contributed by atoms with Gasteiger partial charge < -0.3 is 5.11 Å². The van der Waals surface area contributed by atoms with Gasteiger partial charge in [0.1, 0.15) is 5.01 Å². The van der Waals surface area contributed by atoms with Crippen LogP contribution in [-0.4, -0.2) is 10.1 Å². The van der Waals surface area contributed by atoms with Gasteiger partial charge in [0.2, 0.25) is 0 Å². The van der Waals surface area contributed by atoms with Gasteiger partial charge in [-0.25, -0.2) is 4.98 Å². The van der Waals surface area contributed by atoms with Crippen molar-refractivity contribution in [2.45, 2.75) is 43.4 Å². The molecule has 2 aromatic rings. The highest BCUT2D eigenvalue weighted by Gasteiger charge is 2.33. The number of aromatic nitrogens is 1. The van der Waals surface area contributed by atoms with Crippen LogP contribution in [-0.2, 0) is 12.2 Å². The summed E-state index contributed by atoms with van der Waals surface area (Å²) in [7, 11) is 0. The van der Waals surface area contributed by atoms with E-state index in [9.17, 15) is 5.11 Å². The highest BCUT2D eigenvalue weighted by Crippen LogP contribution is 2.43. The van der Waals surface area contributed by atoms with Gasteiger partial charge in [-0.05, 0) is 30.4 Å². The normalized spacial score (nSPS) is 20.6. The van der Waals surface area contributed by atoms with Crippen LogP contribution >= 0.6 is 23.1 Å². The van der Waals surface area contributed by atoms with Gasteiger partial charge in [0.05, 0.1) is 22.4 Å². The molecule has 0 amide bonds. The Labute approximate surface area is 128 Å². The monoisotopic (exact) mass is 305 g/mol. The predicted molar refractivity (Wildman–Crippen MR) is 85.2 cm³/mol. The van der Waals surface area contributed by atoms with Crippen molar-refractivity contribution in [3.63, 3.8) is 0 Å². The molecular formula is C16H19NOS2. The number of fused-ring (bicyclic) bond motifs is 1. The second-order valence-corrected chi connectivity index (χ2v) is 8.25. The highest BCUT2D eigenvalue weighted by atomic mass is 32.2. The van der Waals surface area contributed by atoms with E-state index in [0.29, 0.717) is 0 Å². The van der Waals surface area contributed by atoms with Crippen LogP contribution in [0.3, 0.4) is 0 Å². The molecule has 1 heterocycles. The Kier molecular flexibility index (Phi) is 3.89. The third-order valence-electron chi connectivity index (χ3n) is 3.57. The van der Waals surface area contributed by atoms with Crippen LogP contribution in [0, 0.1) is 5.41 Å². The molecule has 0 saturated carbocycles. The summed E-state index contributed by atoms with van der Waals surface area (Å²) in [5.74, 6) is 0.884. The van der Waals surface area contributed by atoms with E-state index in [1.165, 1.54) is 4.90 Å². The Hall–Kier alpha value is -0.840. The topological polar surface area (TPSA) is 33.1 Å². The summed E-state index contributed by atoms with van der Waals surface area (Å²) in [6, 6.07) is 10.4. The summed E-state index contributed by atoms with van der Waals surface area (Å²) in [5.41, 5.74) is 1.27. The fraction of sp³-hybridized carbons (Fsp3) is 0.438. The number of aliphatic hydroxyl groups is 1. The van der Waals surface area contributed by atoms with Gasteiger partial charge in [-0.2, -0.15) is 0 Å². The maximum atomic E-state index is 10.3. The van der Waals surface area contributed by atoms with Gasteiger partial charge in [-0.1, -0.05) is 32.0 Å². The van der Waals surface area contributed by atoms with Crippen molar-refractivity contribution >= 4 is 23.1 Å². The quantitative estimate of drug-likeness (QED) is 0.851. The van der Waals surface area contributed by atoms with Gasteiger partial charge in [0.15, 0.2) is 0 Å². The summed E-state index contributed by atoms with van der Waals surface area (Å²) in [4.78, 5) is 7.11. The number of aliphatic hydroxyl groups excluding tert-OH is 1. The minimum atomic E-state index is -0.332. The van der Waals surface area contributed by atoms with Crippen molar-refractivity contribution in [1.29, 1.82) is 0 Å². The molecule has 0 aliphatic heterocycles. The van der Waals surface area contributed by atoms with Gasteiger partial charge in [0, 0.05) is 4.90 Å². The fourth-order valence-corrected chi connectivity index (χ4v) is 4.65. The van der Waals surface area contributed by atoms with E-state index in [-0.39, 0.29) is 11.5 Å². The molecule has 0 saturated heterocycles. The first-order valence-electron chi connectivity index (χ1n) is 6.88. The Balaban J connectivity index is 1.74. The average Bonchev–Trinajstić information content (AvgIpc) is 2.79. The lowest BCUT2D eigenvalue weighted by Crippen LogP contribution is -2.24. The molecule has 106 valence electrons. The van der Waals surface area contributed by atoms with Gasteiger partial charge in [-0.3, -0.25) is 0 Å². The average molecular weight is 305 g/mol. The van der Waals surface area contributed by atoms with Crippen LogP contribution in [0.1, 0.15) is 42.0 Å². The molecule has 1 aliphatic rings. The van der Waals surface area contributed by atoms with Crippen LogP contribution in [0.4, 0.5) is 0 Å². The summed E-state index contributed by atoms with van der Waals surface area (Å²) < 4.78 is 0. The molecule has 1 aromatic heterocycles. The zero-order valence-corrected chi connectivity index (χ0v) is 13.4. The second-order valence-electron chi connectivity index (χ2n) is 6.08. The van der Waals surface area contributed by atoms with Gasteiger partial charge in [-0.15, -0.1) is 23.1 Å². The van der Waals surface area contributed by atoms with E-state index >= 15 is 0 Å². The highest BCUT2D eigenvalue weighted by molar-refractivity contribution is 7.98. The van der Waals surface area contributed by atoms with E-state index in [0.717, 1.165) is 34.2 Å². The molecule has 1 aliphatic carbocycles. The number of rotatable bonds is 3. The molecule has 1 aromatic carbocycles. The Morgan fingerprint density at radius 1 is 1.35 bits per heavy atom. The number of hydrogen-bond acceptors (Lipinski definition) is 4. The standard InChI is InChI=1S/C16H19NOS2/c1-16(2)8-12-15(13(18)9-16)20-14(17-12)10-19-11-6-4-3-5-7-11/h3-7,13,18H,8-10H2,1-2H3. The predicted octanol–water partition coefficient (Wildman–Crippen LogP) is 4.44. The third kappa shape index (κ3) is 3.08. The summed E-state index contributed by atoms with van der Waals surface area (Å²) in [5, 5.41) is 11.4. The largest absolute Gasteiger partial charge is 0.387 e. The molecule has 2 nitrogen and oxygen atoms in total. The molecule has 0 spiro atoms. The van der Waals surface area contributed by atoms with Crippen molar-refractivity contribution in [2.75, 3.05) is 0 Å². The Morgan fingerprint density at radius 3 is 2.85 bits per heavy atom. The molecule has 4 heteroatoms. The lowest BCUT2D eigenvalue weighted by molar-refractivity contribution is 0.102. The van der Waals surface area contributed by atoms with Gasteiger partial charge >= 0.3 is 0 Å². The lowest BCUT2D eigenvalue weighted by atomic mass is 9.77. The first-order chi connectivity index (χ1) is 9.53. The SMILES string of the molecule is CC1(C)Cc2nc(CSc3ccccc3)sc2C(O)C1. The number of thioether (sulfide) groups is 1. The molecular weight excluding hydrogens is 286 g/mol. The second kappa shape index (κ2) is 5.51. The summed E-state index contributed by atoms with van der Waals surface area (Å²) in [6.45, 7) is 4.41. The van der Waals surface area contributed by atoms with Crippen molar-refractivity contribution in [3.05, 3.63) is 45.9 Å². The van der Waals surface area contributed by atoms with E-state index in [2.05, 4.69) is 38.1 Å². The smallest absolute Gasteiger partial charge is 0.103 e. The van der Waals surface area contributed by atoms with Crippen LogP contribution in [0.25, 0.3) is 0 Å². The lowest BCUT2D eigenvalue weighted by Gasteiger charge is -2.31. The number of benzene rings is 1. The molecule has 1 N–H and O–H groups in total. The number of nitrogens with zero attached hydrogens (tertiary/aromatic N) is 1. The van der Waals surface area contributed by atoms with Crippen molar-refractivity contribution in [1.82, 2.24) is 4.98 Å². The molecule has 0 radical (unpaired) electrons. The molecule has 0 bridgehead atoms. The Bertz CT molecular complexity index is 592. The molecule has 1 atom stereocenters. The van der Waals surface area contributed by atoms with Crippen molar-refractivity contribution in [2.24, 2.45) is 5.41 Å². The minimum absolute atomic E-state index is 0.157. The van der Waals surface area contributed by atoms with Crippen LogP contribution in [0.5, 0.6) is 0 Å². The fourth-order valence-electron chi connectivity index (χ4n) is 2.67. The maximum Gasteiger partial charge on any atom is 0.103 e. The van der Waals surface area contributed by atoms with E-state index in [1.807, 2.05) is 6.07 Å². The molecule has 20 heavy (non-hydrogen) atoms. The van der Waals surface area contributed by atoms with Gasteiger partial charge in [0.25, 0.3) is 0 Å². The first-order valence-corrected chi connectivity index (χ1v) is 8.68. The van der Waals surface area contributed by atoms with Crippen LogP contribution < -0.4 is 0 Å². The zero-order chi connectivity index (χ0) is 14.2. The number of thiazole rings is 1. The molecule has 3 rings (SSSR count). The summed E-state index contributed by atoms with van der Waals surface area (Å²) >= 11 is 3.49. The zero-order valence-electron chi connectivity index (χ0n) is 11.8. The van der Waals surface area contributed by atoms with E-state index in [4.69, 9.17) is 4.98 Å². The Morgan fingerprint density at radius 2 is 2.10 bits per heavy atom. The first kappa shape index (κ1) is 14.1. The molecule has 0 fully saturated rings. The molecule has 1 unspecified atom stereocenters. The summed E-state index contributed by atoms with van der Waals surface area (Å²) in [6.07, 6.45) is 1.49. The third-order valence-corrected chi connectivity index (χ3v) is 5.98. The number of hydrogen-bond donors (Lipinski definition) is 1. The van der Waals surface area contributed by atoms with Crippen LogP contribution in [0.15, 0.2) is 35.2 Å². The maximum absolute atomic E-state index is 10.3. The van der Waals surface area contributed by atoms with Crippen LogP contribution in [0.2, 0.25) is 0 Å². The van der Waals surface area contributed by atoms with E-state index in [1.54, 1.807) is 23.1 Å². The minimum Gasteiger partial charge on any atom is -0.387 e. The van der Waals surface area contributed by atoms with Crippen molar-refractivity contribution < 1.29 is 5.11 Å².